The van der Waals surface area contributed by atoms with Crippen molar-refractivity contribution in [3.05, 3.63) is 64.7 Å². The minimum absolute atomic E-state index is 0.187. The molecule has 2 atom stereocenters. The highest BCUT2D eigenvalue weighted by Crippen LogP contribution is 2.29. The molecule has 2 aromatic rings. The summed E-state index contributed by atoms with van der Waals surface area (Å²) in [5, 5.41) is 5.57. The molecule has 2 N–H and O–H groups in total. The smallest absolute Gasteiger partial charge is 0.251 e. The lowest BCUT2D eigenvalue weighted by molar-refractivity contribution is -0.125. The minimum Gasteiger partial charge on any atom is -0.340 e. The standard InChI is InChI=1S/C22H20ClN3O4/c23-16-3-1-2-4-18(16)26-10-9-17(22(26)30)24-20(28)14-7-5-13(6-8-14)11-15-12-19(27)25-21(15)29/h1-8,15,17H,9-12H2,(H,24,28)(H,25,27,29)/t15-,17-/m1/s1. The van der Waals surface area contributed by atoms with Crippen LogP contribution < -0.4 is 15.5 Å². The van der Waals surface area contributed by atoms with E-state index >= 15 is 0 Å². The second-order valence-electron chi connectivity index (χ2n) is 7.47. The molecule has 8 heteroatoms. The van der Waals surface area contributed by atoms with Gasteiger partial charge < -0.3 is 10.2 Å². The second-order valence-corrected chi connectivity index (χ2v) is 7.88. The van der Waals surface area contributed by atoms with Crippen molar-refractivity contribution in [2.24, 2.45) is 5.92 Å². The molecule has 2 saturated heterocycles. The molecule has 0 unspecified atom stereocenters. The molecule has 0 aliphatic carbocycles. The number of anilines is 1. The molecule has 0 saturated carbocycles. The van der Waals surface area contributed by atoms with Gasteiger partial charge in [0.05, 0.1) is 16.6 Å². The zero-order valence-electron chi connectivity index (χ0n) is 16.1. The van der Waals surface area contributed by atoms with Crippen LogP contribution in [0.15, 0.2) is 48.5 Å². The first-order chi connectivity index (χ1) is 14.4. The summed E-state index contributed by atoms with van der Waals surface area (Å²) in [4.78, 5) is 49.9. The largest absolute Gasteiger partial charge is 0.340 e. The molecule has 2 aromatic carbocycles. The number of hydrogen-bond donors (Lipinski definition) is 2. The molecule has 0 bridgehead atoms. The first-order valence-corrected chi connectivity index (χ1v) is 10.1. The van der Waals surface area contributed by atoms with Gasteiger partial charge in [-0.2, -0.15) is 0 Å². The highest BCUT2D eigenvalue weighted by atomic mass is 35.5. The number of rotatable bonds is 5. The lowest BCUT2D eigenvalue weighted by Crippen LogP contribution is -2.41. The summed E-state index contributed by atoms with van der Waals surface area (Å²) < 4.78 is 0. The van der Waals surface area contributed by atoms with Gasteiger partial charge in [0.15, 0.2) is 0 Å². The summed E-state index contributed by atoms with van der Waals surface area (Å²) in [7, 11) is 0. The molecule has 154 valence electrons. The number of imide groups is 1. The predicted molar refractivity (Wildman–Crippen MR) is 111 cm³/mol. The minimum atomic E-state index is -0.610. The van der Waals surface area contributed by atoms with Crippen molar-refractivity contribution in [2.75, 3.05) is 11.4 Å². The van der Waals surface area contributed by atoms with Gasteiger partial charge in [-0.15, -0.1) is 0 Å². The number of nitrogens with zero attached hydrogens (tertiary/aromatic N) is 1. The van der Waals surface area contributed by atoms with Gasteiger partial charge in [0.25, 0.3) is 5.91 Å². The van der Waals surface area contributed by atoms with Crippen molar-refractivity contribution >= 4 is 40.9 Å². The molecule has 2 aliphatic rings. The Morgan fingerprint density at radius 1 is 1.10 bits per heavy atom. The molecule has 4 amide bonds. The number of para-hydroxylation sites is 1. The summed E-state index contributed by atoms with van der Waals surface area (Å²) in [6, 6.07) is 13.3. The van der Waals surface area contributed by atoms with Crippen LogP contribution in [-0.4, -0.2) is 36.2 Å². The average molecular weight is 426 g/mol. The van der Waals surface area contributed by atoms with Gasteiger partial charge in [-0.05, 0) is 42.7 Å². The van der Waals surface area contributed by atoms with Crippen LogP contribution in [0.1, 0.15) is 28.8 Å². The van der Waals surface area contributed by atoms with E-state index in [1.54, 1.807) is 47.4 Å². The summed E-state index contributed by atoms with van der Waals surface area (Å²) in [6.07, 6.45) is 1.12. The molecule has 0 aromatic heterocycles. The molecule has 0 spiro atoms. The third kappa shape index (κ3) is 4.07. The van der Waals surface area contributed by atoms with Crippen molar-refractivity contribution in [1.29, 1.82) is 0 Å². The van der Waals surface area contributed by atoms with Gasteiger partial charge in [0.2, 0.25) is 17.7 Å². The van der Waals surface area contributed by atoms with E-state index in [9.17, 15) is 19.2 Å². The molecule has 2 fully saturated rings. The maximum absolute atomic E-state index is 12.7. The van der Waals surface area contributed by atoms with Crippen LogP contribution >= 0.6 is 11.6 Å². The SMILES string of the molecule is O=C1C[C@@H](Cc2ccc(C(=O)N[C@@H]3CCN(c4ccccc4Cl)C3=O)cc2)C(=O)N1. The van der Waals surface area contributed by atoms with E-state index in [0.717, 1.165) is 5.56 Å². The van der Waals surface area contributed by atoms with Crippen molar-refractivity contribution in [1.82, 2.24) is 10.6 Å². The third-order valence-electron chi connectivity index (χ3n) is 5.42. The van der Waals surface area contributed by atoms with Crippen LogP contribution in [0.3, 0.4) is 0 Å². The summed E-state index contributed by atoms with van der Waals surface area (Å²) in [5.41, 5.74) is 1.93. The first kappa shape index (κ1) is 20.1. The number of amides is 4. The van der Waals surface area contributed by atoms with Gasteiger partial charge in [0.1, 0.15) is 6.04 Å². The van der Waals surface area contributed by atoms with E-state index in [0.29, 0.717) is 35.7 Å². The van der Waals surface area contributed by atoms with Crippen LogP contribution in [0.2, 0.25) is 5.02 Å². The first-order valence-electron chi connectivity index (χ1n) is 9.72. The Bertz CT molecular complexity index is 1020. The zero-order valence-corrected chi connectivity index (χ0v) is 16.8. The molecule has 4 rings (SSSR count). The van der Waals surface area contributed by atoms with Crippen molar-refractivity contribution in [3.63, 3.8) is 0 Å². The van der Waals surface area contributed by atoms with E-state index in [1.807, 2.05) is 6.07 Å². The van der Waals surface area contributed by atoms with Crippen LogP contribution in [0.25, 0.3) is 0 Å². The van der Waals surface area contributed by atoms with Crippen LogP contribution in [0.5, 0.6) is 0 Å². The molecule has 2 aliphatic heterocycles. The van der Waals surface area contributed by atoms with Crippen LogP contribution in [0.4, 0.5) is 5.69 Å². The molecule has 2 heterocycles. The molecular weight excluding hydrogens is 406 g/mol. The Labute approximate surface area is 178 Å². The Balaban J connectivity index is 1.37. The topological polar surface area (TPSA) is 95.6 Å². The summed E-state index contributed by atoms with van der Waals surface area (Å²) in [6.45, 7) is 0.481. The fraction of sp³-hybridized carbons (Fsp3) is 0.273. The van der Waals surface area contributed by atoms with Crippen LogP contribution in [-0.2, 0) is 20.8 Å². The Hall–Kier alpha value is -3.19. The maximum Gasteiger partial charge on any atom is 0.251 e. The number of benzene rings is 2. The fourth-order valence-electron chi connectivity index (χ4n) is 3.81. The fourth-order valence-corrected chi connectivity index (χ4v) is 4.05. The Kier molecular flexibility index (Phi) is 5.55. The predicted octanol–water partition coefficient (Wildman–Crippen LogP) is 2.08. The lowest BCUT2D eigenvalue weighted by atomic mass is 9.97. The van der Waals surface area contributed by atoms with Crippen molar-refractivity contribution in [2.45, 2.75) is 25.3 Å². The van der Waals surface area contributed by atoms with E-state index in [1.165, 1.54) is 0 Å². The van der Waals surface area contributed by atoms with Crippen LogP contribution in [0, 0.1) is 5.92 Å². The average Bonchev–Trinajstić information content (AvgIpc) is 3.24. The summed E-state index contributed by atoms with van der Waals surface area (Å²) >= 11 is 6.19. The third-order valence-corrected chi connectivity index (χ3v) is 5.74. The monoisotopic (exact) mass is 425 g/mol. The highest BCUT2D eigenvalue weighted by Gasteiger charge is 2.34. The number of carbonyl (C=O) groups excluding carboxylic acids is 4. The molecule has 0 radical (unpaired) electrons. The molecule has 30 heavy (non-hydrogen) atoms. The Morgan fingerprint density at radius 2 is 1.83 bits per heavy atom. The number of nitrogens with one attached hydrogen (secondary N) is 2. The van der Waals surface area contributed by atoms with Gasteiger partial charge in [0, 0.05) is 18.5 Å². The van der Waals surface area contributed by atoms with E-state index in [-0.39, 0.29) is 36.0 Å². The van der Waals surface area contributed by atoms with Crippen molar-refractivity contribution < 1.29 is 19.2 Å². The lowest BCUT2D eigenvalue weighted by Gasteiger charge is -2.18. The zero-order chi connectivity index (χ0) is 21.3. The van der Waals surface area contributed by atoms with E-state index in [2.05, 4.69) is 10.6 Å². The Morgan fingerprint density at radius 3 is 2.50 bits per heavy atom. The van der Waals surface area contributed by atoms with Crippen molar-refractivity contribution in [3.8, 4) is 0 Å². The molecule has 7 nitrogen and oxygen atoms in total. The second kappa shape index (κ2) is 8.28. The van der Waals surface area contributed by atoms with E-state index < -0.39 is 6.04 Å². The van der Waals surface area contributed by atoms with Gasteiger partial charge in [-0.3, -0.25) is 24.5 Å². The van der Waals surface area contributed by atoms with Gasteiger partial charge in [-0.25, -0.2) is 0 Å². The number of hydrogen-bond acceptors (Lipinski definition) is 4. The van der Waals surface area contributed by atoms with Gasteiger partial charge in [-0.1, -0.05) is 35.9 Å². The highest BCUT2D eigenvalue weighted by molar-refractivity contribution is 6.34. The van der Waals surface area contributed by atoms with Gasteiger partial charge >= 0.3 is 0 Å². The normalized spacial score (nSPS) is 21.1. The molecular formula is C22H20ClN3O4. The maximum atomic E-state index is 12.7. The number of carbonyl (C=O) groups is 4. The quantitative estimate of drug-likeness (QED) is 0.717. The van der Waals surface area contributed by atoms with E-state index in [4.69, 9.17) is 11.6 Å². The summed E-state index contributed by atoms with van der Waals surface area (Å²) in [5.74, 6) is -1.42. The number of halogens is 1.